The van der Waals surface area contributed by atoms with Gasteiger partial charge in [0, 0.05) is 32.9 Å². The molecule has 0 spiro atoms. The lowest BCUT2D eigenvalue weighted by Gasteiger charge is -2.17. The average Bonchev–Trinajstić information content (AvgIpc) is 3.45. The fourth-order valence-corrected chi connectivity index (χ4v) is 4.92. The molecule has 0 saturated carbocycles. The molecular weight excluding hydrogens is 418 g/mol. The van der Waals surface area contributed by atoms with Gasteiger partial charge in [-0.05, 0) is 12.1 Å². The summed E-state index contributed by atoms with van der Waals surface area (Å²) in [7, 11) is 0. The number of hydrogen-bond donors (Lipinski definition) is 1. The highest BCUT2D eigenvalue weighted by Crippen LogP contribution is 2.32. The molecule has 2 aromatic heterocycles. The Morgan fingerprint density at radius 2 is 1.15 bits per heavy atom. The van der Waals surface area contributed by atoms with Gasteiger partial charge in [-0.2, -0.15) is 0 Å². The molecular formula is C30H25N3O. The number of fused-ring (bicyclic) bond motifs is 3. The van der Waals surface area contributed by atoms with Crippen LogP contribution in [0.15, 0.2) is 116 Å². The fourth-order valence-electron chi connectivity index (χ4n) is 4.92. The normalized spacial score (nSPS) is 12.4. The molecule has 0 saturated heterocycles. The molecule has 0 fully saturated rings. The molecule has 0 radical (unpaired) electrons. The van der Waals surface area contributed by atoms with Crippen LogP contribution in [-0.4, -0.2) is 25.3 Å². The molecule has 0 unspecified atom stereocenters. The Kier molecular flexibility index (Phi) is 5.21. The van der Waals surface area contributed by atoms with E-state index in [0.717, 1.165) is 33.5 Å². The number of aromatic nitrogens is 3. The number of aliphatic hydroxyl groups excluding tert-OH is 1. The average molecular weight is 444 g/mol. The van der Waals surface area contributed by atoms with Gasteiger partial charge < -0.3 is 14.2 Å². The Labute approximate surface area is 198 Å². The van der Waals surface area contributed by atoms with E-state index in [9.17, 15) is 5.11 Å². The van der Waals surface area contributed by atoms with Crippen molar-refractivity contribution in [2.45, 2.75) is 19.2 Å². The zero-order valence-corrected chi connectivity index (χ0v) is 18.8. The van der Waals surface area contributed by atoms with E-state index in [4.69, 9.17) is 4.98 Å². The Balaban J connectivity index is 1.38. The van der Waals surface area contributed by atoms with Crippen molar-refractivity contribution in [2.75, 3.05) is 0 Å². The first-order valence-electron chi connectivity index (χ1n) is 11.6. The number of hydrogen-bond acceptors (Lipinski definition) is 2. The standard InChI is InChI=1S/C30H25N3O/c34-24(20-33-27-17-9-7-15-25(27)26-16-8-10-18-28(26)33)19-32-21-31-29(22-11-3-1-4-12-22)30(32)23-13-5-2-6-14-23/h1-18,21,24,34H,19-20H2/t24-/m0/s1. The van der Waals surface area contributed by atoms with Crippen LogP contribution in [0.25, 0.3) is 44.3 Å². The molecule has 4 nitrogen and oxygen atoms in total. The summed E-state index contributed by atoms with van der Waals surface area (Å²) in [5.41, 5.74) is 6.38. The third-order valence-corrected chi connectivity index (χ3v) is 6.41. The lowest BCUT2D eigenvalue weighted by Crippen LogP contribution is -2.22. The van der Waals surface area contributed by atoms with E-state index in [-0.39, 0.29) is 0 Å². The van der Waals surface area contributed by atoms with Crippen LogP contribution in [0.4, 0.5) is 0 Å². The molecule has 4 heteroatoms. The SMILES string of the molecule is O[C@@H](Cn1cnc(-c2ccccc2)c1-c1ccccc1)Cn1c2ccccc2c2ccccc21. The van der Waals surface area contributed by atoms with Crippen LogP contribution in [0.3, 0.4) is 0 Å². The monoisotopic (exact) mass is 443 g/mol. The third-order valence-electron chi connectivity index (χ3n) is 6.41. The van der Waals surface area contributed by atoms with E-state index in [0.29, 0.717) is 13.1 Å². The molecule has 0 aliphatic heterocycles. The van der Waals surface area contributed by atoms with E-state index in [1.54, 1.807) is 0 Å². The van der Waals surface area contributed by atoms with Gasteiger partial charge >= 0.3 is 0 Å². The highest BCUT2D eigenvalue weighted by atomic mass is 16.3. The minimum Gasteiger partial charge on any atom is -0.389 e. The third kappa shape index (κ3) is 3.58. The van der Waals surface area contributed by atoms with Crippen LogP contribution in [-0.2, 0) is 13.1 Å². The Morgan fingerprint density at radius 3 is 1.76 bits per heavy atom. The molecule has 0 aliphatic rings. The highest BCUT2D eigenvalue weighted by molar-refractivity contribution is 6.07. The first-order valence-corrected chi connectivity index (χ1v) is 11.6. The minimum atomic E-state index is -0.584. The summed E-state index contributed by atoms with van der Waals surface area (Å²) in [6, 6.07) is 37.3. The van der Waals surface area contributed by atoms with Crippen molar-refractivity contribution in [2.24, 2.45) is 0 Å². The predicted molar refractivity (Wildman–Crippen MR) is 139 cm³/mol. The van der Waals surface area contributed by atoms with Crippen LogP contribution in [0.1, 0.15) is 0 Å². The number of imidazole rings is 1. The van der Waals surface area contributed by atoms with Gasteiger partial charge in [0.2, 0.25) is 0 Å². The van der Waals surface area contributed by atoms with Gasteiger partial charge in [-0.25, -0.2) is 4.98 Å². The van der Waals surface area contributed by atoms with Gasteiger partial charge in [0.05, 0.1) is 36.9 Å². The summed E-state index contributed by atoms with van der Waals surface area (Å²) in [4.78, 5) is 4.76. The summed E-state index contributed by atoms with van der Waals surface area (Å²) >= 11 is 0. The van der Waals surface area contributed by atoms with E-state index >= 15 is 0 Å². The van der Waals surface area contributed by atoms with Gasteiger partial charge in [-0.1, -0.05) is 97.1 Å². The van der Waals surface area contributed by atoms with E-state index in [2.05, 4.69) is 81.9 Å². The minimum absolute atomic E-state index is 0.449. The van der Waals surface area contributed by atoms with Crippen molar-refractivity contribution >= 4 is 21.8 Å². The molecule has 0 aliphatic carbocycles. The zero-order chi connectivity index (χ0) is 22.9. The maximum absolute atomic E-state index is 11.3. The smallest absolute Gasteiger partial charge is 0.0963 e. The maximum atomic E-state index is 11.3. The molecule has 0 bridgehead atoms. The molecule has 34 heavy (non-hydrogen) atoms. The quantitative estimate of drug-likeness (QED) is 0.324. The molecule has 1 N–H and O–H groups in total. The lowest BCUT2D eigenvalue weighted by molar-refractivity contribution is 0.137. The van der Waals surface area contributed by atoms with E-state index < -0.39 is 6.10 Å². The summed E-state index contributed by atoms with van der Waals surface area (Å²) in [5, 5.41) is 13.7. The predicted octanol–water partition coefficient (Wildman–Crippen LogP) is 6.39. The molecule has 2 heterocycles. The molecule has 4 aromatic carbocycles. The molecule has 1 atom stereocenters. The largest absolute Gasteiger partial charge is 0.389 e. The van der Waals surface area contributed by atoms with Gasteiger partial charge in [-0.15, -0.1) is 0 Å². The second-order valence-corrected chi connectivity index (χ2v) is 8.62. The molecule has 0 amide bonds. The van der Waals surface area contributed by atoms with Crippen LogP contribution >= 0.6 is 0 Å². The highest BCUT2D eigenvalue weighted by Gasteiger charge is 2.18. The molecule has 6 aromatic rings. The van der Waals surface area contributed by atoms with Crippen LogP contribution < -0.4 is 0 Å². The van der Waals surface area contributed by atoms with Gasteiger partial charge in [0.25, 0.3) is 0 Å². The number of benzene rings is 4. The Hall–Kier alpha value is -4.15. The molecule has 166 valence electrons. The van der Waals surface area contributed by atoms with Gasteiger partial charge in [-0.3, -0.25) is 0 Å². The molecule has 6 rings (SSSR count). The number of rotatable bonds is 6. The zero-order valence-electron chi connectivity index (χ0n) is 18.8. The van der Waals surface area contributed by atoms with Crippen molar-refractivity contribution < 1.29 is 5.11 Å². The second kappa shape index (κ2) is 8.65. The van der Waals surface area contributed by atoms with Crippen LogP contribution in [0.5, 0.6) is 0 Å². The van der Waals surface area contributed by atoms with Crippen molar-refractivity contribution in [1.29, 1.82) is 0 Å². The summed E-state index contributed by atoms with van der Waals surface area (Å²) in [6.45, 7) is 0.950. The first-order chi connectivity index (χ1) is 16.8. The van der Waals surface area contributed by atoms with E-state index in [1.807, 2.05) is 42.7 Å². The van der Waals surface area contributed by atoms with Crippen molar-refractivity contribution in [3.63, 3.8) is 0 Å². The summed E-state index contributed by atoms with van der Waals surface area (Å²) in [6.07, 6.45) is 1.26. The second-order valence-electron chi connectivity index (χ2n) is 8.62. The lowest BCUT2D eigenvalue weighted by atomic mass is 10.0. The van der Waals surface area contributed by atoms with E-state index in [1.165, 1.54) is 10.8 Å². The maximum Gasteiger partial charge on any atom is 0.0963 e. The van der Waals surface area contributed by atoms with Crippen molar-refractivity contribution in [3.8, 4) is 22.5 Å². The van der Waals surface area contributed by atoms with Gasteiger partial charge in [0.1, 0.15) is 0 Å². The summed E-state index contributed by atoms with van der Waals surface area (Å²) in [5.74, 6) is 0. The number of nitrogens with zero attached hydrogens (tertiary/aromatic N) is 3. The van der Waals surface area contributed by atoms with Gasteiger partial charge in [0.15, 0.2) is 0 Å². The topological polar surface area (TPSA) is 43.0 Å². The fraction of sp³-hybridized carbons (Fsp3) is 0.100. The first kappa shape index (κ1) is 20.5. The Bertz CT molecular complexity index is 1510. The number of para-hydroxylation sites is 2. The summed E-state index contributed by atoms with van der Waals surface area (Å²) < 4.78 is 4.31. The number of aliphatic hydroxyl groups is 1. The van der Waals surface area contributed by atoms with Crippen molar-refractivity contribution in [3.05, 3.63) is 116 Å². The van der Waals surface area contributed by atoms with Crippen molar-refractivity contribution in [1.82, 2.24) is 14.1 Å². The Morgan fingerprint density at radius 1 is 0.618 bits per heavy atom. The van der Waals surface area contributed by atoms with Crippen LogP contribution in [0.2, 0.25) is 0 Å². The van der Waals surface area contributed by atoms with Crippen LogP contribution in [0, 0.1) is 0 Å².